The lowest BCUT2D eigenvalue weighted by atomic mass is 9.99. The van der Waals surface area contributed by atoms with Crippen LogP contribution in [0.25, 0.3) is 16.7 Å². The zero-order valence-electron chi connectivity index (χ0n) is 17.5. The minimum absolute atomic E-state index is 0.299. The van der Waals surface area contributed by atoms with Crippen LogP contribution in [-0.2, 0) is 4.74 Å². The van der Waals surface area contributed by atoms with E-state index in [1.807, 2.05) is 45.0 Å². The maximum atomic E-state index is 12.2. The summed E-state index contributed by atoms with van der Waals surface area (Å²) in [5.41, 5.74) is 2.96. The average molecular weight is 416 g/mol. The molecule has 0 radical (unpaired) electrons. The van der Waals surface area contributed by atoms with Crippen LogP contribution in [0.3, 0.4) is 0 Å². The van der Waals surface area contributed by atoms with Gasteiger partial charge in [-0.05, 0) is 50.5 Å². The lowest BCUT2D eigenvalue weighted by Crippen LogP contribution is -2.56. The van der Waals surface area contributed by atoms with E-state index >= 15 is 0 Å². The molecule has 1 aromatic carbocycles. The molecule has 2 aliphatic heterocycles. The summed E-state index contributed by atoms with van der Waals surface area (Å²) in [6, 6.07) is 6.11. The van der Waals surface area contributed by atoms with Gasteiger partial charge in [0.15, 0.2) is 11.9 Å². The molecule has 0 spiro atoms. The van der Waals surface area contributed by atoms with Crippen LogP contribution in [0.2, 0.25) is 0 Å². The molecule has 30 heavy (non-hydrogen) atoms. The highest BCUT2D eigenvalue weighted by molar-refractivity contribution is 5.81. The predicted octanol–water partition coefficient (Wildman–Crippen LogP) is 2.25. The Balaban J connectivity index is 1.48. The second kappa shape index (κ2) is 7.90. The Morgan fingerprint density at radius 1 is 1.30 bits per heavy atom. The Morgan fingerprint density at radius 2 is 2.10 bits per heavy atom. The number of oxazole rings is 1. The number of carbonyl (C=O) groups excluding carboxylic acids is 1. The van der Waals surface area contributed by atoms with Crippen molar-refractivity contribution in [3.63, 3.8) is 0 Å². The van der Waals surface area contributed by atoms with Crippen molar-refractivity contribution in [2.24, 2.45) is 0 Å². The molecule has 162 valence electrons. The normalized spacial score (nSPS) is 22.9. The van der Waals surface area contributed by atoms with Gasteiger partial charge in [0.25, 0.3) is 0 Å². The first-order valence-corrected chi connectivity index (χ1v) is 10.2. The smallest absolute Gasteiger partial charge is 0.410 e. The maximum absolute atomic E-state index is 12.2. The molecule has 4 rings (SSSR count). The number of hydrogen-bond acceptors (Lipinski definition) is 8. The number of carbonyl (C=O) groups is 1. The molecule has 2 aromatic rings. The largest absolute Gasteiger partial charge is 0.444 e. The predicted molar refractivity (Wildman–Crippen MR) is 112 cm³/mol. The molecule has 0 saturated carbocycles. The second-order valence-corrected chi connectivity index (χ2v) is 8.62. The molecule has 0 bridgehead atoms. The summed E-state index contributed by atoms with van der Waals surface area (Å²) >= 11 is 0. The highest BCUT2D eigenvalue weighted by Crippen LogP contribution is 2.29. The molecule has 1 fully saturated rings. The van der Waals surface area contributed by atoms with Gasteiger partial charge in [-0.1, -0.05) is 12.1 Å². The SMILES string of the molecule is CC(C)(C)OC(=O)N1CC=C(c2ccc3nc(N4CCC(O)NC4O)oc3c2)CC1. The van der Waals surface area contributed by atoms with E-state index in [9.17, 15) is 15.0 Å². The van der Waals surface area contributed by atoms with Gasteiger partial charge in [0.05, 0.1) is 0 Å². The van der Waals surface area contributed by atoms with Crippen LogP contribution in [0.4, 0.5) is 10.8 Å². The summed E-state index contributed by atoms with van der Waals surface area (Å²) in [5.74, 6) is 0. The van der Waals surface area contributed by atoms with Crippen molar-refractivity contribution in [1.82, 2.24) is 15.2 Å². The van der Waals surface area contributed by atoms with Crippen LogP contribution in [-0.4, -0.2) is 64.0 Å². The summed E-state index contributed by atoms with van der Waals surface area (Å²) in [6.45, 7) is 7.10. The number of fused-ring (bicyclic) bond motifs is 1. The minimum atomic E-state index is -1.05. The number of aliphatic hydroxyl groups excluding tert-OH is 2. The van der Waals surface area contributed by atoms with E-state index in [0.29, 0.717) is 43.2 Å². The third-order valence-electron chi connectivity index (χ3n) is 5.13. The summed E-state index contributed by atoms with van der Waals surface area (Å²) in [5, 5.41) is 22.4. The second-order valence-electron chi connectivity index (χ2n) is 8.62. The maximum Gasteiger partial charge on any atom is 0.410 e. The van der Waals surface area contributed by atoms with E-state index in [2.05, 4.69) is 10.3 Å². The molecular weight excluding hydrogens is 388 g/mol. The van der Waals surface area contributed by atoms with Crippen LogP contribution < -0.4 is 10.2 Å². The van der Waals surface area contributed by atoms with Crippen LogP contribution in [0.15, 0.2) is 28.7 Å². The van der Waals surface area contributed by atoms with Gasteiger partial charge in [0.1, 0.15) is 17.3 Å². The zero-order chi connectivity index (χ0) is 21.5. The Bertz CT molecular complexity index is 964. The highest BCUT2D eigenvalue weighted by Gasteiger charge is 2.28. The van der Waals surface area contributed by atoms with E-state index in [1.165, 1.54) is 0 Å². The lowest BCUT2D eigenvalue weighted by molar-refractivity contribution is 0.0108. The minimum Gasteiger partial charge on any atom is -0.444 e. The first kappa shape index (κ1) is 20.6. The van der Waals surface area contributed by atoms with E-state index in [0.717, 1.165) is 17.6 Å². The number of hydrogen-bond donors (Lipinski definition) is 3. The fraction of sp³-hybridized carbons (Fsp3) is 0.524. The first-order chi connectivity index (χ1) is 14.2. The summed E-state index contributed by atoms with van der Waals surface area (Å²) < 4.78 is 11.3. The van der Waals surface area contributed by atoms with Crippen molar-refractivity contribution in [2.45, 2.75) is 51.8 Å². The highest BCUT2D eigenvalue weighted by atomic mass is 16.6. The van der Waals surface area contributed by atoms with Gasteiger partial charge >= 0.3 is 12.1 Å². The van der Waals surface area contributed by atoms with E-state index in [-0.39, 0.29) is 6.09 Å². The molecule has 2 unspecified atom stereocenters. The molecule has 9 nitrogen and oxygen atoms in total. The number of aromatic nitrogens is 1. The molecule has 2 atom stereocenters. The van der Waals surface area contributed by atoms with Crippen molar-refractivity contribution in [2.75, 3.05) is 24.5 Å². The molecule has 1 aromatic heterocycles. The van der Waals surface area contributed by atoms with Crippen molar-refractivity contribution in [3.8, 4) is 0 Å². The van der Waals surface area contributed by atoms with Gasteiger partial charge in [-0.3, -0.25) is 4.90 Å². The van der Waals surface area contributed by atoms with Gasteiger partial charge in [0, 0.05) is 26.1 Å². The summed E-state index contributed by atoms with van der Waals surface area (Å²) in [7, 11) is 0. The van der Waals surface area contributed by atoms with E-state index < -0.39 is 18.2 Å². The third kappa shape index (κ3) is 4.43. The molecule has 1 saturated heterocycles. The van der Waals surface area contributed by atoms with Gasteiger partial charge in [-0.2, -0.15) is 4.98 Å². The molecule has 3 heterocycles. The number of anilines is 1. The van der Waals surface area contributed by atoms with E-state index in [4.69, 9.17) is 9.15 Å². The monoisotopic (exact) mass is 416 g/mol. The molecule has 2 aliphatic rings. The molecule has 1 amide bonds. The fourth-order valence-electron chi connectivity index (χ4n) is 3.59. The van der Waals surface area contributed by atoms with Gasteiger partial charge in [0.2, 0.25) is 0 Å². The number of nitrogens with one attached hydrogen (secondary N) is 1. The number of rotatable bonds is 2. The Kier molecular flexibility index (Phi) is 5.44. The van der Waals surface area contributed by atoms with Crippen LogP contribution >= 0.6 is 0 Å². The van der Waals surface area contributed by atoms with Crippen molar-refractivity contribution >= 4 is 28.8 Å². The van der Waals surface area contributed by atoms with Crippen LogP contribution in [0.5, 0.6) is 0 Å². The van der Waals surface area contributed by atoms with Gasteiger partial charge in [-0.15, -0.1) is 0 Å². The molecule has 0 aliphatic carbocycles. The van der Waals surface area contributed by atoms with Gasteiger partial charge in [-0.25, -0.2) is 10.1 Å². The Morgan fingerprint density at radius 3 is 2.77 bits per heavy atom. The van der Waals surface area contributed by atoms with E-state index in [1.54, 1.807) is 9.80 Å². The molecule has 3 N–H and O–H groups in total. The summed E-state index contributed by atoms with van der Waals surface area (Å²) in [4.78, 5) is 20.0. The number of benzene rings is 1. The Hall–Kier alpha value is -2.62. The molecular formula is C21H28N4O5. The molecule has 9 heteroatoms. The number of aliphatic hydroxyl groups is 2. The number of nitrogens with zero attached hydrogens (tertiary/aromatic N) is 3. The Labute approximate surface area is 174 Å². The van der Waals surface area contributed by atoms with Crippen LogP contribution in [0, 0.1) is 0 Å². The fourth-order valence-corrected chi connectivity index (χ4v) is 3.59. The van der Waals surface area contributed by atoms with Gasteiger partial charge < -0.3 is 24.3 Å². The third-order valence-corrected chi connectivity index (χ3v) is 5.13. The lowest BCUT2D eigenvalue weighted by Gasteiger charge is -2.34. The number of ether oxygens (including phenoxy) is 1. The zero-order valence-corrected chi connectivity index (χ0v) is 17.5. The van der Waals surface area contributed by atoms with Crippen molar-refractivity contribution < 1.29 is 24.2 Å². The average Bonchev–Trinajstić information content (AvgIpc) is 3.09. The van der Waals surface area contributed by atoms with Crippen molar-refractivity contribution in [1.29, 1.82) is 0 Å². The topological polar surface area (TPSA) is 111 Å². The first-order valence-electron chi connectivity index (χ1n) is 10.2. The van der Waals surface area contributed by atoms with Crippen LogP contribution in [0.1, 0.15) is 39.2 Å². The standard InChI is InChI=1S/C21H28N4O5/c1-21(2,3)30-20(28)24-9-6-13(7-10-24)14-4-5-15-16(12-14)29-19(22-15)25-11-8-17(26)23-18(25)27/h4-6,12,17-18,23,26-27H,7-11H2,1-3H3. The number of amides is 1. The summed E-state index contributed by atoms with van der Waals surface area (Å²) in [6.07, 6.45) is 1.12. The quantitative estimate of drug-likeness (QED) is 0.684. The van der Waals surface area contributed by atoms with Crippen molar-refractivity contribution in [3.05, 3.63) is 29.8 Å².